The summed E-state index contributed by atoms with van der Waals surface area (Å²) < 4.78 is 1.73. The van der Waals surface area contributed by atoms with Crippen LogP contribution in [0.4, 0.5) is 0 Å². The molecule has 0 saturated heterocycles. The van der Waals surface area contributed by atoms with Crippen molar-refractivity contribution in [3.05, 3.63) is 18.2 Å². The standard InChI is InChI=1S/C5H5N3/c1-8-3-5(2-6)7-4-8/h3-4H,1H3. The van der Waals surface area contributed by atoms with Gasteiger partial charge in [0.2, 0.25) is 0 Å². The third-order valence-corrected chi connectivity index (χ3v) is 0.819. The predicted molar refractivity (Wildman–Crippen MR) is 27.9 cm³/mol. The second kappa shape index (κ2) is 1.66. The Morgan fingerprint density at radius 1 is 1.88 bits per heavy atom. The molecule has 0 aliphatic heterocycles. The fraction of sp³-hybridized carbons (Fsp3) is 0.200. The van der Waals surface area contributed by atoms with E-state index in [2.05, 4.69) is 4.98 Å². The van der Waals surface area contributed by atoms with Gasteiger partial charge in [0.15, 0.2) is 5.69 Å². The molecule has 0 radical (unpaired) electrons. The van der Waals surface area contributed by atoms with Gasteiger partial charge in [-0.25, -0.2) is 4.98 Å². The van der Waals surface area contributed by atoms with Crippen LogP contribution in [0.25, 0.3) is 0 Å². The van der Waals surface area contributed by atoms with Crippen LogP contribution in [-0.2, 0) is 7.05 Å². The van der Waals surface area contributed by atoms with Crippen molar-refractivity contribution in [2.75, 3.05) is 0 Å². The zero-order valence-corrected chi connectivity index (χ0v) is 4.50. The third kappa shape index (κ3) is 0.684. The molecular weight excluding hydrogens is 102 g/mol. The van der Waals surface area contributed by atoms with E-state index in [0.717, 1.165) is 0 Å². The summed E-state index contributed by atoms with van der Waals surface area (Å²) in [4.78, 5) is 3.74. The zero-order valence-electron chi connectivity index (χ0n) is 4.50. The molecule has 0 aliphatic carbocycles. The maximum atomic E-state index is 8.23. The fourth-order valence-corrected chi connectivity index (χ4v) is 0.471. The van der Waals surface area contributed by atoms with E-state index in [-0.39, 0.29) is 0 Å². The molecule has 0 aliphatic rings. The molecule has 0 atom stereocenters. The first-order valence-electron chi connectivity index (χ1n) is 2.21. The highest BCUT2D eigenvalue weighted by molar-refractivity contribution is 5.14. The van der Waals surface area contributed by atoms with Crippen molar-refractivity contribution >= 4 is 0 Å². The van der Waals surface area contributed by atoms with Gasteiger partial charge < -0.3 is 4.57 Å². The predicted octanol–water partition coefficient (Wildman–Crippen LogP) is 0.292. The molecule has 0 aromatic carbocycles. The van der Waals surface area contributed by atoms with Crippen LogP contribution in [0.2, 0.25) is 0 Å². The van der Waals surface area contributed by atoms with Crippen LogP contribution in [0.5, 0.6) is 0 Å². The quantitative estimate of drug-likeness (QED) is 0.478. The number of nitrogens with zero attached hydrogens (tertiary/aromatic N) is 3. The molecule has 0 amide bonds. The van der Waals surface area contributed by atoms with E-state index in [1.54, 1.807) is 17.1 Å². The highest BCUT2D eigenvalue weighted by Crippen LogP contribution is 1.87. The SMILES string of the molecule is Cn1cnc(C#N)c1. The van der Waals surface area contributed by atoms with Gasteiger partial charge in [-0.1, -0.05) is 0 Å². The fourth-order valence-electron chi connectivity index (χ4n) is 0.471. The molecule has 0 bridgehead atoms. The van der Waals surface area contributed by atoms with Gasteiger partial charge in [0.25, 0.3) is 0 Å². The van der Waals surface area contributed by atoms with Crippen LogP contribution in [0.1, 0.15) is 5.69 Å². The highest BCUT2D eigenvalue weighted by atomic mass is 15.0. The molecular formula is C5H5N3. The van der Waals surface area contributed by atoms with Crippen molar-refractivity contribution in [1.82, 2.24) is 9.55 Å². The molecule has 8 heavy (non-hydrogen) atoms. The Bertz CT molecular complexity index is 218. The van der Waals surface area contributed by atoms with Gasteiger partial charge in [0.05, 0.1) is 6.33 Å². The lowest BCUT2D eigenvalue weighted by atomic mass is 10.5. The topological polar surface area (TPSA) is 41.6 Å². The second-order valence-corrected chi connectivity index (χ2v) is 1.54. The molecule has 0 spiro atoms. The number of aromatic nitrogens is 2. The Hall–Kier alpha value is -1.30. The number of hydrogen-bond donors (Lipinski definition) is 0. The van der Waals surface area contributed by atoms with Crippen molar-refractivity contribution in [3.63, 3.8) is 0 Å². The van der Waals surface area contributed by atoms with E-state index < -0.39 is 0 Å². The Labute approximate surface area is 47.2 Å². The van der Waals surface area contributed by atoms with Gasteiger partial charge in [0, 0.05) is 13.2 Å². The molecule has 3 heteroatoms. The largest absolute Gasteiger partial charge is 0.339 e. The van der Waals surface area contributed by atoms with Gasteiger partial charge in [-0.3, -0.25) is 0 Å². The summed E-state index contributed by atoms with van der Waals surface area (Å²) in [6.07, 6.45) is 3.26. The van der Waals surface area contributed by atoms with Gasteiger partial charge >= 0.3 is 0 Å². The molecule has 1 rings (SSSR count). The third-order valence-electron chi connectivity index (χ3n) is 0.819. The molecule has 0 saturated carbocycles. The molecule has 1 aromatic heterocycles. The van der Waals surface area contributed by atoms with Crippen LogP contribution in [0.3, 0.4) is 0 Å². The summed E-state index contributed by atoms with van der Waals surface area (Å²) >= 11 is 0. The summed E-state index contributed by atoms with van der Waals surface area (Å²) in [5, 5.41) is 8.23. The molecule has 3 nitrogen and oxygen atoms in total. The van der Waals surface area contributed by atoms with Crippen LogP contribution in [0, 0.1) is 11.3 Å². The van der Waals surface area contributed by atoms with Crippen LogP contribution in [0.15, 0.2) is 12.5 Å². The van der Waals surface area contributed by atoms with E-state index >= 15 is 0 Å². The summed E-state index contributed by atoms with van der Waals surface area (Å²) in [6.45, 7) is 0. The van der Waals surface area contributed by atoms with Crippen molar-refractivity contribution in [3.8, 4) is 6.07 Å². The first kappa shape index (κ1) is 4.85. The molecule has 1 heterocycles. The lowest BCUT2D eigenvalue weighted by Crippen LogP contribution is -1.77. The minimum atomic E-state index is 0.465. The molecule has 0 unspecified atom stereocenters. The average Bonchev–Trinajstić information content (AvgIpc) is 2.14. The first-order chi connectivity index (χ1) is 3.83. The van der Waals surface area contributed by atoms with Crippen molar-refractivity contribution in [2.45, 2.75) is 0 Å². The molecule has 0 fully saturated rings. The van der Waals surface area contributed by atoms with E-state index in [0.29, 0.717) is 5.69 Å². The highest BCUT2D eigenvalue weighted by Gasteiger charge is 1.88. The Balaban J connectivity index is 3.05. The van der Waals surface area contributed by atoms with Crippen molar-refractivity contribution < 1.29 is 0 Å². The lowest BCUT2D eigenvalue weighted by molar-refractivity contribution is 0.913. The van der Waals surface area contributed by atoms with E-state index in [1.165, 1.54) is 0 Å². The molecule has 1 aromatic rings. The van der Waals surface area contributed by atoms with Crippen LogP contribution >= 0.6 is 0 Å². The van der Waals surface area contributed by atoms with Crippen molar-refractivity contribution in [2.24, 2.45) is 7.05 Å². The van der Waals surface area contributed by atoms with Gasteiger partial charge in [0.1, 0.15) is 6.07 Å². The molecule has 40 valence electrons. The minimum Gasteiger partial charge on any atom is -0.339 e. The Morgan fingerprint density at radius 3 is 2.88 bits per heavy atom. The normalized spacial score (nSPS) is 8.50. The number of imidazole rings is 1. The van der Waals surface area contributed by atoms with Gasteiger partial charge in [-0.15, -0.1) is 0 Å². The monoisotopic (exact) mass is 107 g/mol. The summed E-state index contributed by atoms with van der Waals surface area (Å²) in [5.41, 5.74) is 0.465. The Morgan fingerprint density at radius 2 is 2.62 bits per heavy atom. The zero-order chi connectivity index (χ0) is 5.98. The molecule has 0 N–H and O–H groups in total. The Kier molecular flexibility index (Phi) is 1.01. The van der Waals surface area contributed by atoms with E-state index in [9.17, 15) is 0 Å². The van der Waals surface area contributed by atoms with Gasteiger partial charge in [-0.05, 0) is 0 Å². The summed E-state index contributed by atoms with van der Waals surface area (Å²) in [6, 6.07) is 1.92. The minimum absolute atomic E-state index is 0.465. The van der Waals surface area contributed by atoms with Gasteiger partial charge in [-0.2, -0.15) is 5.26 Å². The van der Waals surface area contributed by atoms with Crippen LogP contribution < -0.4 is 0 Å². The lowest BCUT2D eigenvalue weighted by Gasteiger charge is -1.77. The number of aryl methyl sites for hydroxylation is 1. The average molecular weight is 107 g/mol. The summed E-state index contributed by atoms with van der Waals surface area (Å²) in [7, 11) is 1.83. The number of rotatable bonds is 0. The second-order valence-electron chi connectivity index (χ2n) is 1.54. The number of nitriles is 1. The maximum absolute atomic E-state index is 8.23. The van der Waals surface area contributed by atoms with Crippen molar-refractivity contribution in [1.29, 1.82) is 5.26 Å². The van der Waals surface area contributed by atoms with E-state index in [4.69, 9.17) is 5.26 Å². The van der Waals surface area contributed by atoms with Crippen LogP contribution in [-0.4, -0.2) is 9.55 Å². The van der Waals surface area contributed by atoms with E-state index in [1.807, 2.05) is 13.1 Å². The smallest absolute Gasteiger partial charge is 0.158 e. The maximum Gasteiger partial charge on any atom is 0.158 e. The number of hydrogen-bond acceptors (Lipinski definition) is 2. The summed E-state index contributed by atoms with van der Waals surface area (Å²) in [5.74, 6) is 0. The first-order valence-corrected chi connectivity index (χ1v) is 2.21.